The molecule has 0 fully saturated rings. The van der Waals surface area contributed by atoms with Crippen molar-refractivity contribution in [1.29, 1.82) is 0 Å². The molecule has 0 saturated heterocycles. The minimum atomic E-state index is -1.91. The first kappa shape index (κ1) is 12.5. The van der Waals surface area contributed by atoms with Crippen molar-refractivity contribution in [1.82, 2.24) is 0 Å². The van der Waals surface area contributed by atoms with E-state index in [4.69, 9.17) is 0 Å². The van der Waals surface area contributed by atoms with Gasteiger partial charge in [-0.05, 0) is 12.5 Å². The fourth-order valence-electron chi connectivity index (χ4n) is 1.13. The summed E-state index contributed by atoms with van der Waals surface area (Å²) in [6, 6.07) is 0. The number of esters is 1. The molecular formula is C10H8F4O2. The molecule has 0 amide bonds. The third kappa shape index (κ3) is 2.15. The summed E-state index contributed by atoms with van der Waals surface area (Å²) in [7, 11) is 0. The number of benzene rings is 1. The Morgan fingerprint density at radius 2 is 1.56 bits per heavy atom. The molecule has 16 heavy (non-hydrogen) atoms. The molecule has 0 saturated carbocycles. The molecule has 0 N–H and O–H groups in total. The van der Waals surface area contributed by atoms with Crippen LogP contribution in [0.4, 0.5) is 17.6 Å². The van der Waals surface area contributed by atoms with E-state index in [1.165, 1.54) is 0 Å². The van der Waals surface area contributed by atoms with Gasteiger partial charge in [0.15, 0.2) is 23.3 Å². The van der Waals surface area contributed by atoms with Crippen molar-refractivity contribution >= 4 is 5.97 Å². The van der Waals surface area contributed by atoms with Gasteiger partial charge in [0.25, 0.3) is 0 Å². The average molecular weight is 236 g/mol. The van der Waals surface area contributed by atoms with Crippen molar-refractivity contribution in [2.24, 2.45) is 0 Å². The first-order valence-electron chi connectivity index (χ1n) is 4.31. The molecule has 0 aliphatic rings. The monoisotopic (exact) mass is 236 g/mol. The normalized spacial score (nSPS) is 10.4. The Balaban J connectivity index is 3.23. The Morgan fingerprint density at radius 3 is 2.06 bits per heavy atom. The molecule has 0 bridgehead atoms. The van der Waals surface area contributed by atoms with Crippen LogP contribution in [0.1, 0.15) is 18.1 Å². The van der Waals surface area contributed by atoms with Gasteiger partial charge in [0.1, 0.15) is 6.61 Å². The minimum Gasteiger partial charge on any atom is -0.461 e. The maximum atomic E-state index is 13.2. The second-order valence-electron chi connectivity index (χ2n) is 3.14. The maximum Gasteiger partial charge on any atom is 0.302 e. The van der Waals surface area contributed by atoms with Crippen molar-refractivity contribution < 1.29 is 27.1 Å². The van der Waals surface area contributed by atoms with E-state index in [2.05, 4.69) is 4.74 Å². The fraction of sp³-hybridized carbons (Fsp3) is 0.300. The molecule has 1 rings (SSSR count). The number of halogens is 4. The Morgan fingerprint density at radius 1 is 1.06 bits per heavy atom. The zero-order chi connectivity index (χ0) is 12.5. The van der Waals surface area contributed by atoms with E-state index in [9.17, 15) is 22.4 Å². The SMILES string of the molecule is CC(=O)OCc1c(C)c(F)c(F)c(F)c1F. The molecule has 6 heteroatoms. The molecule has 0 atom stereocenters. The molecule has 0 heterocycles. The predicted octanol–water partition coefficient (Wildman–Crippen LogP) is 2.61. The number of ether oxygens (including phenoxy) is 1. The molecule has 0 unspecified atom stereocenters. The quantitative estimate of drug-likeness (QED) is 0.341. The Bertz CT molecular complexity index is 414. The van der Waals surface area contributed by atoms with E-state index in [-0.39, 0.29) is 0 Å². The lowest BCUT2D eigenvalue weighted by Crippen LogP contribution is -2.09. The Hall–Kier alpha value is -1.59. The summed E-state index contributed by atoms with van der Waals surface area (Å²) in [5, 5.41) is 0. The van der Waals surface area contributed by atoms with Crippen molar-refractivity contribution in [3.05, 3.63) is 34.4 Å². The van der Waals surface area contributed by atoms with Gasteiger partial charge in [-0.1, -0.05) is 0 Å². The summed E-state index contributed by atoms with van der Waals surface area (Å²) in [6.07, 6.45) is 0. The predicted molar refractivity (Wildman–Crippen MR) is 46.5 cm³/mol. The molecule has 0 aromatic heterocycles. The van der Waals surface area contributed by atoms with Crippen molar-refractivity contribution in [3.8, 4) is 0 Å². The Labute approximate surface area is 88.8 Å². The van der Waals surface area contributed by atoms with E-state index in [0.717, 1.165) is 13.8 Å². The van der Waals surface area contributed by atoms with Crippen LogP contribution in [0.5, 0.6) is 0 Å². The lowest BCUT2D eigenvalue weighted by molar-refractivity contribution is -0.142. The van der Waals surface area contributed by atoms with Crippen molar-refractivity contribution in [3.63, 3.8) is 0 Å². The topological polar surface area (TPSA) is 26.3 Å². The second-order valence-corrected chi connectivity index (χ2v) is 3.14. The highest BCUT2D eigenvalue weighted by atomic mass is 19.2. The largest absolute Gasteiger partial charge is 0.461 e. The molecule has 1 aromatic rings. The van der Waals surface area contributed by atoms with Gasteiger partial charge in [-0.15, -0.1) is 0 Å². The zero-order valence-corrected chi connectivity index (χ0v) is 8.54. The molecular weight excluding hydrogens is 228 g/mol. The van der Waals surface area contributed by atoms with Crippen LogP contribution in [-0.2, 0) is 16.1 Å². The minimum absolute atomic E-state index is 0.419. The first-order valence-corrected chi connectivity index (χ1v) is 4.31. The van der Waals surface area contributed by atoms with Crippen LogP contribution in [0.25, 0.3) is 0 Å². The number of rotatable bonds is 2. The molecule has 0 aliphatic carbocycles. The number of carbonyl (C=O) groups excluding carboxylic acids is 1. The Kier molecular flexibility index (Phi) is 3.51. The third-order valence-corrected chi connectivity index (χ3v) is 2.04. The van der Waals surface area contributed by atoms with Gasteiger partial charge in [-0.25, -0.2) is 17.6 Å². The van der Waals surface area contributed by atoms with Gasteiger partial charge in [-0.2, -0.15) is 0 Å². The maximum absolute atomic E-state index is 13.2. The summed E-state index contributed by atoms with van der Waals surface area (Å²) in [5.74, 6) is -7.55. The molecule has 0 aliphatic heterocycles. The zero-order valence-electron chi connectivity index (χ0n) is 8.54. The fourth-order valence-corrected chi connectivity index (χ4v) is 1.13. The average Bonchev–Trinajstić information content (AvgIpc) is 2.23. The van der Waals surface area contributed by atoms with E-state index in [1.807, 2.05) is 0 Å². The van der Waals surface area contributed by atoms with Gasteiger partial charge in [0.2, 0.25) is 0 Å². The van der Waals surface area contributed by atoms with Crippen LogP contribution in [0.3, 0.4) is 0 Å². The molecule has 2 nitrogen and oxygen atoms in total. The van der Waals surface area contributed by atoms with Crippen LogP contribution < -0.4 is 0 Å². The smallest absolute Gasteiger partial charge is 0.302 e. The number of carbonyl (C=O) groups is 1. The van der Waals surface area contributed by atoms with Crippen LogP contribution in [0.15, 0.2) is 0 Å². The van der Waals surface area contributed by atoms with Crippen LogP contribution in [0, 0.1) is 30.2 Å². The van der Waals surface area contributed by atoms with Gasteiger partial charge in [0, 0.05) is 12.5 Å². The number of hydrogen-bond donors (Lipinski definition) is 0. The van der Waals surface area contributed by atoms with Crippen LogP contribution in [-0.4, -0.2) is 5.97 Å². The standard InChI is InChI=1S/C10H8F4O2/c1-4-6(3-16-5(2)15)8(12)10(14)9(13)7(4)11/h3H2,1-2H3. The van der Waals surface area contributed by atoms with Crippen LogP contribution in [0.2, 0.25) is 0 Å². The summed E-state index contributed by atoms with van der Waals surface area (Å²) in [5.41, 5.74) is -0.927. The van der Waals surface area contributed by atoms with E-state index in [0.29, 0.717) is 0 Å². The summed E-state index contributed by atoms with van der Waals surface area (Å²) >= 11 is 0. The number of hydrogen-bond acceptors (Lipinski definition) is 2. The first-order chi connectivity index (χ1) is 7.36. The van der Waals surface area contributed by atoms with E-state index < -0.39 is 47.0 Å². The highest BCUT2D eigenvalue weighted by Gasteiger charge is 2.23. The second kappa shape index (κ2) is 4.51. The highest BCUT2D eigenvalue weighted by Crippen LogP contribution is 2.24. The van der Waals surface area contributed by atoms with Crippen molar-refractivity contribution in [2.45, 2.75) is 20.5 Å². The van der Waals surface area contributed by atoms with Gasteiger partial charge in [-0.3, -0.25) is 4.79 Å². The molecule has 0 radical (unpaired) electrons. The van der Waals surface area contributed by atoms with Crippen LogP contribution >= 0.6 is 0 Å². The molecule has 0 spiro atoms. The highest BCUT2D eigenvalue weighted by molar-refractivity contribution is 5.66. The van der Waals surface area contributed by atoms with E-state index >= 15 is 0 Å². The lowest BCUT2D eigenvalue weighted by atomic mass is 10.1. The van der Waals surface area contributed by atoms with Gasteiger partial charge < -0.3 is 4.74 Å². The van der Waals surface area contributed by atoms with Gasteiger partial charge >= 0.3 is 5.97 Å². The van der Waals surface area contributed by atoms with Crippen molar-refractivity contribution in [2.75, 3.05) is 0 Å². The molecule has 88 valence electrons. The summed E-state index contributed by atoms with van der Waals surface area (Å²) < 4.78 is 56.2. The third-order valence-electron chi connectivity index (χ3n) is 2.04. The molecule has 1 aromatic carbocycles. The summed E-state index contributed by atoms with van der Waals surface area (Å²) in [4.78, 5) is 10.5. The lowest BCUT2D eigenvalue weighted by Gasteiger charge is -2.10. The van der Waals surface area contributed by atoms with E-state index in [1.54, 1.807) is 0 Å². The summed E-state index contributed by atoms with van der Waals surface area (Å²) in [6.45, 7) is 1.49. The van der Waals surface area contributed by atoms with Gasteiger partial charge in [0.05, 0.1) is 0 Å².